The van der Waals surface area contributed by atoms with Crippen molar-refractivity contribution in [3.05, 3.63) is 29.8 Å². The van der Waals surface area contributed by atoms with Gasteiger partial charge in [-0.2, -0.15) is 0 Å². The molecule has 0 aromatic heterocycles. The molecule has 0 saturated carbocycles. The van der Waals surface area contributed by atoms with Gasteiger partial charge in [-0.25, -0.2) is 0 Å². The number of hydrogen-bond acceptors (Lipinski definition) is 2. The number of amides is 1. The van der Waals surface area contributed by atoms with Crippen LogP contribution in [0, 0.1) is 6.92 Å². The SMILES string of the molecule is Cc1cccc(N(C)C(=O)C=O)c1. The van der Waals surface area contributed by atoms with Crippen LogP contribution < -0.4 is 4.90 Å². The number of likely N-dealkylation sites (N-methyl/N-ethyl adjacent to an activating group) is 1. The van der Waals surface area contributed by atoms with Crippen LogP contribution >= 0.6 is 0 Å². The van der Waals surface area contributed by atoms with Crippen LogP contribution in [-0.4, -0.2) is 19.2 Å². The van der Waals surface area contributed by atoms with E-state index >= 15 is 0 Å². The van der Waals surface area contributed by atoms with Gasteiger partial charge in [0.15, 0.2) is 0 Å². The van der Waals surface area contributed by atoms with E-state index in [0.717, 1.165) is 11.3 Å². The molecule has 0 spiro atoms. The third-order valence-corrected chi connectivity index (χ3v) is 1.82. The Balaban J connectivity index is 2.94. The average Bonchev–Trinajstić information content (AvgIpc) is 2.15. The van der Waals surface area contributed by atoms with E-state index in [4.69, 9.17) is 0 Å². The maximum Gasteiger partial charge on any atom is 0.290 e. The van der Waals surface area contributed by atoms with Gasteiger partial charge < -0.3 is 4.90 Å². The number of anilines is 1. The van der Waals surface area contributed by atoms with Crippen LogP contribution in [0.5, 0.6) is 0 Å². The molecule has 0 heterocycles. The minimum Gasteiger partial charge on any atom is -0.309 e. The summed E-state index contributed by atoms with van der Waals surface area (Å²) in [5, 5.41) is 0. The van der Waals surface area contributed by atoms with E-state index in [1.165, 1.54) is 4.90 Å². The molecule has 0 N–H and O–H groups in total. The van der Waals surface area contributed by atoms with Crippen molar-refractivity contribution in [2.75, 3.05) is 11.9 Å². The predicted octanol–water partition coefficient (Wildman–Crippen LogP) is 1.16. The number of aryl methyl sites for hydroxylation is 1. The Morgan fingerprint density at radius 1 is 1.46 bits per heavy atom. The van der Waals surface area contributed by atoms with Crippen molar-refractivity contribution in [2.45, 2.75) is 6.92 Å². The lowest BCUT2D eigenvalue weighted by Gasteiger charge is -2.13. The Labute approximate surface area is 77.0 Å². The zero-order valence-electron chi connectivity index (χ0n) is 7.65. The number of aldehydes is 1. The summed E-state index contributed by atoms with van der Waals surface area (Å²) in [7, 11) is 1.57. The van der Waals surface area contributed by atoms with E-state index in [-0.39, 0.29) is 0 Å². The van der Waals surface area contributed by atoms with Crippen LogP contribution in [0.25, 0.3) is 0 Å². The summed E-state index contributed by atoms with van der Waals surface area (Å²) in [5.41, 5.74) is 1.79. The van der Waals surface area contributed by atoms with Crippen molar-refractivity contribution in [1.82, 2.24) is 0 Å². The van der Waals surface area contributed by atoms with Crippen LogP contribution in [-0.2, 0) is 9.59 Å². The Bertz CT molecular complexity index is 333. The highest BCUT2D eigenvalue weighted by atomic mass is 16.2. The van der Waals surface area contributed by atoms with E-state index in [1.54, 1.807) is 13.1 Å². The molecule has 13 heavy (non-hydrogen) atoms. The fourth-order valence-electron chi connectivity index (χ4n) is 1.04. The first-order valence-electron chi connectivity index (χ1n) is 3.94. The first-order valence-corrected chi connectivity index (χ1v) is 3.94. The Hall–Kier alpha value is -1.64. The van der Waals surface area contributed by atoms with Gasteiger partial charge in [-0.1, -0.05) is 12.1 Å². The molecule has 1 amide bonds. The van der Waals surface area contributed by atoms with Gasteiger partial charge in [0.25, 0.3) is 5.91 Å². The van der Waals surface area contributed by atoms with Gasteiger partial charge in [0.1, 0.15) is 0 Å². The molecular formula is C10H11NO2. The molecule has 0 radical (unpaired) electrons. The van der Waals surface area contributed by atoms with Crippen LogP contribution in [0.15, 0.2) is 24.3 Å². The number of carbonyl (C=O) groups is 2. The minimum atomic E-state index is -0.536. The zero-order chi connectivity index (χ0) is 9.84. The number of nitrogens with zero attached hydrogens (tertiary/aromatic N) is 1. The van der Waals surface area contributed by atoms with Crippen molar-refractivity contribution in [3.8, 4) is 0 Å². The van der Waals surface area contributed by atoms with Crippen LogP contribution in [0.1, 0.15) is 5.56 Å². The molecule has 0 aliphatic heterocycles. The third-order valence-electron chi connectivity index (χ3n) is 1.82. The Morgan fingerprint density at radius 3 is 2.69 bits per heavy atom. The number of rotatable bonds is 2. The average molecular weight is 177 g/mol. The van der Waals surface area contributed by atoms with Crippen LogP contribution in [0.3, 0.4) is 0 Å². The topological polar surface area (TPSA) is 37.4 Å². The largest absolute Gasteiger partial charge is 0.309 e. The lowest BCUT2D eigenvalue weighted by Crippen LogP contribution is -2.26. The van der Waals surface area contributed by atoms with Crippen LogP contribution in [0.4, 0.5) is 5.69 Å². The van der Waals surface area contributed by atoms with E-state index in [0.29, 0.717) is 6.29 Å². The van der Waals surface area contributed by atoms with Crippen molar-refractivity contribution in [3.63, 3.8) is 0 Å². The molecule has 1 aromatic carbocycles. The first kappa shape index (κ1) is 9.45. The second-order valence-corrected chi connectivity index (χ2v) is 2.85. The normalized spacial score (nSPS) is 9.38. The molecular weight excluding hydrogens is 166 g/mol. The van der Waals surface area contributed by atoms with Crippen LogP contribution in [0.2, 0.25) is 0 Å². The molecule has 0 atom stereocenters. The summed E-state index contributed by atoms with van der Waals surface area (Å²) < 4.78 is 0. The van der Waals surface area contributed by atoms with E-state index in [9.17, 15) is 9.59 Å². The second-order valence-electron chi connectivity index (χ2n) is 2.85. The lowest BCUT2D eigenvalue weighted by molar-refractivity contribution is -0.129. The first-order chi connectivity index (χ1) is 6.15. The fourth-order valence-corrected chi connectivity index (χ4v) is 1.04. The van der Waals surface area contributed by atoms with E-state index < -0.39 is 5.91 Å². The standard InChI is InChI=1S/C10H11NO2/c1-8-4-3-5-9(6-8)11(2)10(13)7-12/h3-7H,1-2H3. The van der Waals surface area contributed by atoms with Gasteiger partial charge in [0.2, 0.25) is 6.29 Å². The third kappa shape index (κ3) is 2.15. The van der Waals surface area contributed by atoms with Crippen molar-refractivity contribution < 1.29 is 9.59 Å². The smallest absolute Gasteiger partial charge is 0.290 e. The van der Waals surface area contributed by atoms with Gasteiger partial charge in [-0.05, 0) is 24.6 Å². The Morgan fingerprint density at radius 2 is 2.15 bits per heavy atom. The molecule has 0 fully saturated rings. The quantitative estimate of drug-likeness (QED) is 0.502. The van der Waals surface area contributed by atoms with Gasteiger partial charge in [0.05, 0.1) is 0 Å². The zero-order valence-corrected chi connectivity index (χ0v) is 7.65. The fraction of sp³-hybridized carbons (Fsp3) is 0.200. The summed E-state index contributed by atoms with van der Waals surface area (Å²) in [5.74, 6) is -0.536. The summed E-state index contributed by atoms with van der Waals surface area (Å²) in [6.07, 6.45) is 0.308. The Kier molecular flexibility index (Phi) is 2.80. The molecule has 3 heteroatoms. The summed E-state index contributed by atoms with van der Waals surface area (Å²) in [6, 6.07) is 7.41. The maximum absolute atomic E-state index is 11.0. The number of benzene rings is 1. The molecule has 0 unspecified atom stereocenters. The number of hydrogen-bond donors (Lipinski definition) is 0. The van der Waals surface area contributed by atoms with E-state index in [2.05, 4.69) is 0 Å². The second kappa shape index (κ2) is 3.85. The monoisotopic (exact) mass is 177 g/mol. The molecule has 68 valence electrons. The van der Waals surface area contributed by atoms with E-state index in [1.807, 2.05) is 25.1 Å². The molecule has 1 rings (SSSR count). The predicted molar refractivity (Wildman–Crippen MR) is 50.7 cm³/mol. The van der Waals surface area contributed by atoms with Crippen molar-refractivity contribution in [1.29, 1.82) is 0 Å². The maximum atomic E-state index is 11.0. The highest BCUT2D eigenvalue weighted by Gasteiger charge is 2.08. The molecule has 0 aliphatic rings. The molecule has 0 bridgehead atoms. The lowest BCUT2D eigenvalue weighted by atomic mass is 10.2. The molecule has 0 saturated heterocycles. The summed E-state index contributed by atoms with van der Waals surface area (Å²) in [6.45, 7) is 1.93. The van der Waals surface area contributed by atoms with Crippen molar-refractivity contribution in [2.24, 2.45) is 0 Å². The molecule has 0 aliphatic carbocycles. The van der Waals surface area contributed by atoms with Gasteiger partial charge in [-0.3, -0.25) is 9.59 Å². The van der Waals surface area contributed by atoms with Gasteiger partial charge in [0, 0.05) is 12.7 Å². The number of carbonyl (C=O) groups excluding carboxylic acids is 2. The molecule has 1 aromatic rings. The highest BCUT2D eigenvalue weighted by molar-refractivity contribution is 6.30. The highest BCUT2D eigenvalue weighted by Crippen LogP contribution is 2.13. The van der Waals surface area contributed by atoms with Crippen molar-refractivity contribution >= 4 is 17.9 Å². The minimum absolute atomic E-state index is 0.308. The van der Waals surface area contributed by atoms with Gasteiger partial charge >= 0.3 is 0 Å². The molecule has 3 nitrogen and oxygen atoms in total. The summed E-state index contributed by atoms with van der Waals surface area (Å²) in [4.78, 5) is 22.5. The summed E-state index contributed by atoms with van der Waals surface area (Å²) >= 11 is 0. The van der Waals surface area contributed by atoms with Gasteiger partial charge in [-0.15, -0.1) is 0 Å².